The number of amides is 2. The maximum Gasteiger partial charge on any atom is 0.237 e. The van der Waals surface area contributed by atoms with Crippen LogP contribution in [-0.2, 0) is 22.7 Å². The first kappa shape index (κ1) is 20.8. The standard InChI is InChI=1S/C17H25N3O2S.ClH/c1-23-10-8-15(18)17(22)19-11-13-4-6-14(7-5-13)12-20-9-2-3-16(20)21;/h4-7,15H,2-3,8-12,18H2,1H3,(H,19,22);1H/t15-;/m0./s1. The van der Waals surface area contributed by atoms with Gasteiger partial charge in [-0.05, 0) is 36.0 Å². The molecule has 1 heterocycles. The largest absolute Gasteiger partial charge is 0.351 e. The molecule has 0 spiro atoms. The molecule has 2 amide bonds. The van der Waals surface area contributed by atoms with Crippen LogP contribution >= 0.6 is 24.2 Å². The smallest absolute Gasteiger partial charge is 0.237 e. The second kappa shape index (κ2) is 10.6. The van der Waals surface area contributed by atoms with Crippen molar-refractivity contribution < 1.29 is 9.59 Å². The number of thioether (sulfide) groups is 1. The zero-order chi connectivity index (χ0) is 16.7. The van der Waals surface area contributed by atoms with E-state index in [2.05, 4.69) is 5.32 Å². The van der Waals surface area contributed by atoms with Gasteiger partial charge >= 0.3 is 0 Å². The zero-order valence-corrected chi connectivity index (χ0v) is 15.6. The quantitative estimate of drug-likeness (QED) is 0.732. The topological polar surface area (TPSA) is 75.4 Å². The van der Waals surface area contributed by atoms with E-state index in [9.17, 15) is 9.59 Å². The van der Waals surface area contributed by atoms with Crippen molar-refractivity contribution in [2.24, 2.45) is 5.73 Å². The first-order valence-electron chi connectivity index (χ1n) is 7.98. The molecule has 5 nitrogen and oxygen atoms in total. The molecule has 3 N–H and O–H groups in total. The number of nitrogens with two attached hydrogens (primary N) is 1. The fraction of sp³-hybridized carbons (Fsp3) is 0.529. The summed E-state index contributed by atoms with van der Waals surface area (Å²) in [5.41, 5.74) is 7.98. The molecule has 0 saturated carbocycles. The third-order valence-corrected chi connectivity index (χ3v) is 4.65. The molecular weight excluding hydrogens is 346 g/mol. The highest BCUT2D eigenvalue weighted by Crippen LogP contribution is 2.14. The molecule has 24 heavy (non-hydrogen) atoms. The Kier molecular flexibility index (Phi) is 9.18. The minimum Gasteiger partial charge on any atom is -0.351 e. The Morgan fingerprint density at radius 3 is 2.58 bits per heavy atom. The van der Waals surface area contributed by atoms with Gasteiger partial charge in [-0.2, -0.15) is 11.8 Å². The minimum atomic E-state index is -0.442. The molecular formula is C17H26ClN3O2S. The maximum absolute atomic E-state index is 11.9. The van der Waals surface area contributed by atoms with Crippen molar-refractivity contribution in [3.63, 3.8) is 0 Å². The van der Waals surface area contributed by atoms with Gasteiger partial charge in [-0.3, -0.25) is 9.59 Å². The van der Waals surface area contributed by atoms with E-state index in [0.29, 0.717) is 25.9 Å². The average Bonchev–Trinajstić information content (AvgIpc) is 2.96. The summed E-state index contributed by atoms with van der Waals surface area (Å²) >= 11 is 1.69. The number of carbonyl (C=O) groups excluding carboxylic acids is 2. The molecule has 1 aromatic rings. The summed E-state index contributed by atoms with van der Waals surface area (Å²) in [6.07, 6.45) is 4.32. The highest BCUT2D eigenvalue weighted by molar-refractivity contribution is 7.98. The zero-order valence-electron chi connectivity index (χ0n) is 14.0. The fourth-order valence-electron chi connectivity index (χ4n) is 2.55. The lowest BCUT2D eigenvalue weighted by Gasteiger charge is -2.16. The number of carbonyl (C=O) groups is 2. The predicted octanol–water partition coefficient (Wildman–Crippen LogP) is 1.93. The van der Waals surface area contributed by atoms with Gasteiger partial charge < -0.3 is 16.0 Å². The molecule has 7 heteroatoms. The van der Waals surface area contributed by atoms with Gasteiger partial charge in [0.1, 0.15) is 0 Å². The number of benzene rings is 1. The third kappa shape index (κ3) is 6.34. The van der Waals surface area contributed by atoms with E-state index in [1.54, 1.807) is 11.8 Å². The summed E-state index contributed by atoms with van der Waals surface area (Å²) in [6.45, 7) is 2.00. The van der Waals surface area contributed by atoms with Gasteiger partial charge in [0.15, 0.2) is 0 Å². The minimum absolute atomic E-state index is 0. The molecule has 1 saturated heterocycles. The second-order valence-electron chi connectivity index (χ2n) is 5.84. The van der Waals surface area contributed by atoms with Crippen molar-refractivity contribution in [2.75, 3.05) is 18.6 Å². The summed E-state index contributed by atoms with van der Waals surface area (Å²) in [4.78, 5) is 25.4. The average molecular weight is 372 g/mol. The normalized spacial score (nSPS) is 15.1. The van der Waals surface area contributed by atoms with Crippen LogP contribution in [0.5, 0.6) is 0 Å². The number of halogens is 1. The molecule has 1 aliphatic rings. The van der Waals surface area contributed by atoms with E-state index in [0.717, 1.165) is 29.8 Å². The van der Waals surface area contributed by atoms with E-state index in [1.807, 2.05) is 35.4 Å². The lowest BCUT2D eigenvalue weighted by atomic mass is 10.1. The lowest BCUT2D eigenvalue weighted by molar-refractivity contribution is -0.128. The van der Waals surface area contributed by atoms with Gasteiger partial charge in [0.25, 0.3) is 0 Å². The number of rotatable bonds is 8. The number of nitrogens with zero attached hydrogens (tertiary/aromatic N) is 1. The number of hydrogen-bond acceptors (Lipinski definition) is 4. The summed E-state index contributed by atoms with van der Waals surface area (Å²) in [5, 5.41) is 2.87. The molecule has 1 aromatic carbocycles. The van der Waals surface area contributed by atoms with Crippen molar-refractivity contribution in [3.05, 3.63) is 35.4 Å². The summed E-state index contributed by atoms with van der Waals surface area (Å²) in [5.74, 6) is 1.02. The van der Waals surface area contributed by atoms with E-state index in [4.69, 9.17) is 5.73 Å². The lowest BCUT2D eigenvalue weighted by Crippen LogP contribution is -2.40. The van der Waals surface area contributed by atoms with Crippen LogP contribution in [0.3, 0.4) is 0 Å². The van der Waals surface area contributed by atoms with Crippen molar-refractivity contribution >= 4 is 36.0 Å². The highest BCUT2D eigenvalue weighted by Gasteiger charge is 2.19. The highest BCUT2D eigenvalue weighted by atomic mass is 35.5. The Balaban J connectivity index is 0.00000288. The number of hydrogen-bond donors (Lipinski definition) is 2. The van der Waals surface area contributed by atoms with Crippen LogP contribution < -0.4 is 11.1 Å². The molecule has 0 unspecified atom stereocenters. The summed E-state index contributed by atoms with van der Waals surface area (Å²) in [7, 11) is 0. The van der Waals surface area contributed by atoms with Gasteiger partial charge in [0.05, 0.1) is 6.04 Å². The number of nitrogens with one attached hydrogen (secondary N) is 1. The van der Waals surface area contributed by atoms with E-state index < -0.39 is 6.04 Å². The summed E-state index contributed by atoms with van der Waals surface area (Å²) < 4.78 is 0. The Bertz CT molecular complexity index is 539. The van der Waals surface area contributed by atoms with E-state index >= 15 is 0 Å². The van der Waals surface area contributed by atoms with Crippen LogP contribution in [0.4, 0.5) is 0 Å². The Hall–Kier alpha value is -1.24. The van der Waals surface area contributed by atoms with Crippen molar-refractivity contribution in [3.8, 4) is 0 Å². The van der Waals surface area contributed by atoms with E-state index in [1.165, 1.54) is 0 Å². The van der Waals surface area contributed by atoms with Gasteiger partial charge in [0, 0.05) is 26.1 Å². The third-order valence-electron chi connectivity index (χ3n) is 4.00. The molecule has 1 fully saturated rings. The fourth-order valence-corrected chi connectivity index (χ4v) is 3.04. The number of likely N-dealkylation sites (tertiary alicyclic amines) is 1. The summed E-state index contributed by atoms with van der Waals surface area (Å²) in [6, 6.07) is 7.57. The molecule has 2 rings (SSSR count). The van der Waals surface area contributed by atoms with Crippen LogP contribution in [0.2, 0.25) is 0 Å². The Morgan fingerprint density at radius 2 is 2.00 bits per heavy atom. The molecule has 134 valence electrons. The van der Waals surface area contributed by atoms with E-state index in [-0.39, 0.29) is 24.2 Å². The van der Waals surface area contributed by atoms with Crippen LogP contribution in [0, 0.1) is 0 Å². The monoisotopic (exact) mass is 371 g/mol. The second-order valence-corrected chi connectivity index (χ2v) is 6.83. The van der Waals surface area contributed by atoms with Crippen molar-refractivity contribution in [1.82, 2.24) is 10.2 Å². The molecule has 0 aliphatic carbocycles. The van der Waals surface area contributed by atoms with Crippen LogP contribution in [0.1, 0.15) is 30.4 Å². The van der Waals surface area contributed by atoms with Gasteiger partial charge in [-0.25, -0.2) is 0 Å². The first-order chi connectivity index (χ1) is 11.1. The van der Waals surface area contributed by atoms with Gasteiger partial charge in [0.2, 0.25) is 11.8 Å². The molecule has 1 aliphatic heterocycles. The van der Waals surface area contributed by atoms with Crippen molar-refractivity contribution in [1.29, 1.82) is 0 Å². The SMILES string of the molecule is CSCC[C@H](N)C(=O)NCc1ccc(CN2CCCC2=O)cc1.Cl. The van der Waals surface area contributed by atoms with Crippen LogP contribution in [0.15, 0.2) is 24.3 Å². The predicted molar refractivity (Wildman–Crippen MR) is 101 cm³/mol. The maximum atomic E-state index is 11.9. The van der Waals surface area contributed by atoms with Crippen molar-refractivity contribution in [2.45, 2.75) is 38.4 Å². The Morgan fingerprint density at radius 1 is 1.33 bits per heavy atom. The molecule has 1 atom stereocenters. The van der Waals surface area contributed by atoms with Gasteiger partial charge in [-0.1, -0.05) is 24.3 Å². The van der Waals surface area contributed by atoms with Crippen LogP contribution in [-0.4, -0.2) is 41.3 Å². The van der Waals surface area contributed by atoms with Gasteiger partial charge in [-0.15, -0.1) is 12.4 Å². The molecule has 0 aromatic heterocycles. The Labute approximate surface area is 154 Å². The molecule has 0 radical (unpaired) electrons. The van der Waals surface area contributed by atoms with Crippen LogP contribution in [0.25, 0.3) is 0 Å². The molecule has 0 bridgehead atoms. The first-order valence-corrected chi connectivity index (χ1v) is 9.37.